The lowest BCUT2D eigenvalue weighted by Crippen LogP contribution is -2.44. The Bertz CT molecular complexity index is 526. The van der Waals surface area contributed by atoms with Crippen LogP contribution in [0.15, 0.2) is 24.3 Å². The molecule has 1 unspecified atom stereocenters. The average molecular weight is 337 g/mol. The van der Waals surface area contributed by atoms with Gasteiger partial charge in [-0.1, -0.05) is 12.1 Å². The van der Waals surface area contributed by atoms with Crippen molar-refractivity contribution in [2.24, 2.45) is 5.92 Å². The van der Waals surface area contributed by atoms with Crippen molar-refractivity contribution in [3.05, 3.63) is 35.6 Å². The predicted molar refractivity (Wildman–Crippen MR) is 92.2 cm³/mol. The van der Waals surface area contributed by atoms with Gasteiger partial charge in [0.15, 0.2) is 0 Å². The first-order valence-electron chi connectivity index (χ1n) is 8.55. The van der Waals surface area contributed by atoms with Gasteiger partial charge in [0.25, 0.3) is 0 Å². The van der Waals surface area contributed by atoms with Crippen LogP contribution in [0.3, 0.4) is 0 Å². The fourth-order valence-electron chi connectivity index (χ4n) is 2.97. The van der Waals surface area contributed by atoms with Crippen LogP contribution in [0.5, 0.6) is 0 Å². The fourth-order valence-corrected chi connectivity index (χ4v) is 2.97. The van der Waals surface area contributed by atoms with Gasteiger partial charge in [-0.2, -0.15) is 0 Å². The predicted octanol–water partition coefficient (Wildman–Crippen LogP) is 2.06. The Hall–Kier alpha value is -1.66. The zero-order chi connectivity index (χ0) is 17.6. The van der Waals surface area contributed by atoms with Crippen molar-refractivity contribution >= 4 is 6.03 Å². The number of amides is 2. The van der Waals surface area contributed by atoms with E-state index in [0.29, 0.717) is 18.0 Å². The van der Waals surface area contributed by atoms with Gasteiger partial charge >= 0.3 is 6.03 Å². The number of nitrogens with zero attached hydrogens (tertiary/aromatic N) is 1. The van der Waals surface area contributed by atoms with Gasteiger partial charge < -0.3 is 20.6 Å². The third-order valence-corrected chi connectivity index (χ3v) is 4.74. The van der Waals surface area contributed by atoms with Crippen LogP contribution in [-0.2, 0) is 5.60 Å². The van der Waals surface area contributed by atoms with Gasteiger partial charge in [0, 0.05) is 6.54 Å². The molecular weight excluding hydrogens is 309 g/mol. The van der Waals surface area contributed by atoms with Crippen LogP contribution < -0.4 is 10.6 Å². The summed E-state index contributed by atoms with van der Waals surface area (Å²) < 4.78 is 12.9. The summed E-state index contributed by atoms with van der Waals surface area (Å²) in [4.78, 5) is 14.2. The summed E-state index contributed by atoms with van der Waals surface area (Å²) in [6.45, 7) is 4.55. The molecule has 1 atom stereocenters. The highest BCUT2D eigenvalue weighted by atomic mass is 19.1. The van der Waals surface area contributed by atoms with Crippen molar-refractivity contribution in [2.45, 2.75) is 31.8 Å². The second-order valence-electron chi connectivity index (χ2n) is 6.93. The van der Waals surface area contributed by atoms with Crippen LogP contribution >= 0.6 is 0 Å². The molecule has 1 aliphatic heterocycles. The zero-order valence-electron chi connectivity index (χ0n) is 14.5. The van der Waals surface area contributed by atoms with Crippen molar-refractivity contribution in [3.63, 3.8) is 0 Å². The monoisotopic (exact) mass is 337 g/mol. The lowest BCUT2D eigenvalue weighted by Gasteiger charge is -2.29. The van der Waals surface area contributed by atoms with Crippen LogP contribution in [0.1, 0.15) is 31.7 Å². The summed E-state index contributed by atoms with van der Waals surface area (Å²) in [7, 11) is 2.13. The van der Waals surface area contributed by atoms with Crippen LogP contribution in [0, 0.1) is 11.7 Å². The first-order chi connectivity index (χ1) is 11.4. The van der Waals surface area contributed by atoms with Crippen LogP contribution in [0.4, 0.5) is 9.18 Å². The number of piperidine rings is 1. The summed E-state index contributed by atoms with van der Waals surface area (Å²) in [6.07, 6.45) is 3.34. The molecule has 2 amide bonds. The van der Waals surface area contributed by atoms with Gasteiger partial charge in [-0.15, -0.1) is 0 Å². The lowest BCUT2D eigenvalue weighted by atomic mass is 9.94. The Kier molecular flexibility index (Phi) is 6.57. The maximum Gasteiger partial charge on any atom is 0.314 e. The highest BCUT2D eigenvalue weighted by Gasteiger charge is 2.24. The molecule has 134 valence electrons. The van der Waals surface area contributed by atoms with E-state index in [1.54, 1.807) is 6.92 Å². The van der Waals surface area contributed by atoms with Crippen LogP contribution in [-0.4, -0.2) is 49.3 Å². The number of carbonyl (C=O) groups is 1. The molecule has 5 nitrogen and oxygen atoms in total. The van der Waals surface area contributed by atoms with E-state index in [2.05, 4.69) is 22.6 Å². The Morgan fingerprint density at radius 2 is 1.92 bits per heavy atom. The maximum atomic E-state index is 12.9. The number of halogens is 1. The molecule has 24 heavy (non-hydrogen) atoms. The number of benzene rings is 1. The molecule has 0 bridgehead atoms. The van der Waals surface area contributed by atoms with Gasteiger partial charge in [-0.25, -0.2) is 9.18 Å². The highest BCUT2D eigenvalue weighted by molar-refractivity contribution is 5.73. The van der Waals surface area contributed by atoms with Gasteiger partial charge in [-0.3, -0.25) is 0 Å². The number of likely N-dealkylation sites (tertiary alicyclic amines) is 1. The number of nitrogens with one attached hydrogen (secondary N) is 2. The topological polar surface area (TPSA) is 64.6 Å². The first kappa shape index (κ1) is 18.7. The molecule has 1 aromatic rings. The number of hydrogen-bond donors (Lipinski definition) is 3. The normalized spacial score (nSPS) is 18.8. The molecule has 0 aromatic heterocycles. The average Bonchev–Trinajstić information content (AvgIpc) is 2.55. The van der Waals surface area contributed by atoms with E-state index in [-0.39, 0.29) is 18.4 Å². The van der Waals surface area contributed by atoms with Gasteiger partial charge in [0.05, 0.1) is 6.54 Å². The second-order valence-corrected chi connectivity index (χ2v) is 6.93. The second kappa shape index (κ2) is 8.44. The Labute approximate surface area is 143 Å². The Morgan fingerprint density at radius 1 is 1.29 bits per heavy atom. The van der Waals surface area contributed by atoms with Gasteiger partial charge in [0.2, 0.25) is 0 Å². The van der Waals surface area contributed by atoms with Crippen molar-refractivity contribution in [2.75, 3.05) is 33.2 Å². The maximum absolute atomic E-state index is 12.9. The molecule has 0 spiro atoms. The van der Waals surface area contributed by atoms with Crippen molar-refractivity contribution in [1.29, 1.82) is 0 Å². The Morgan fingerprint density at radius 3 is 2.54 bits per heavy atom. The molecular formula is C18H28FN3O2. The summed E-state index contributed by atoms with van der Waals surface area (Å²) in [5, 5.41) is 15.9. The molecule has 6 heteroatoms. The van der Waals surface area contributed by atoms with E-state index >= 15 is 0 Å². The molecule has 0 saturated carbocycles. The molecule has 2 rings (SSSR count). The standard InChI is InChI=1S/C18H28FN3O2/c1-18(24,15-3-5-16(19)6-4-15)13-21-17(23)20-10-7-14-8-11-22(2)12-9-14/h3-6,14,24H,7-13H2,1-2H3,(H2,20,21,23). The number of rotatable bonds is 6. The van der Waals surface area contributed by atoms with Crippen LogP contribution in [0.25, 0.3) is 0 Å². The zero-order valence-corrected chi connectivity index (χ0v) is 14.5. The number of carbonyl (C=O) groups excluding carboxylic acids is 1. The third-order valence-electron chi connectivity index (χ3n) is 4.74. The van der Waals surface area contributed by atoms with E-state index in [0.717, 1.165) is 19.5 Å². The van der Waals surface area contributed by atoms with E-state index in [9.17, 15) is 14.3 Å². The number of aliphatic hydroxyl groups is 1. The quantitative estimate of drug-likeness (QED) is 0.744. The molecule has 1 aromatic carbocycles. The first-order valence-corrected chi connectivity index (χ1v) is 8.55. The highest BCUT2D eigenvalue weighted by Crippen LogP contribution is 2.20. The molecule has 3 N–H and O–H groups in total. The SMILES string of the molecule is CN1CCC(CCNC(=O)NCC(C)(O)c2ccc(F)cc2)CC1. The van der Waals surface area contributed by atoms with Crippen molar-refractivity contribution < 1.29 is 14.3 Å². The molecule has 1 fully saturated rings. The van der Waals surface area contributed by atoms with E-state index < -0.39 is 5.60 Å². The fraction of sp³-hybridized carbons (Fsp3) is 0.611. The molecule has 1 aliphatic rings. The number of hydrogen-bond acceptors (Lipinski definition) is 3. The largest absolute Gasteiger partial charge is 0.384 e. The molecule has 1 saturated heterocycles. The van der Waals surface area contributed by atoms with Gasteiger partial charge in [0.1, 0.15) is 11.4 Å². The van der Waals surface area contributed by atoms with Gasteiger partial charge in [-0.05, 0) is 69.9 Å². The third kappa shape index (κ3) is 5.76. The van der Waals surface area contributed by atoms with E-state index in [1.165, 1.54) is 37.1 Å². The van der Waals surface area contributed by atoms with Crippen molar-refractivity contribution in [3.8, 4) is 0 Å². The van der Waals surface area contributed by atoms with E-state index in [1.807, 2.05) is 0 Å². The molecule has 0 radical (unpaired) electrons. The summed E-state index contributed by atoms with van der Waals surface area (Å²) in [6, 6.07) is 5.35. The van der Waals surface area contributed by atoms with Crippen LogP contribution in [0.2, 0.25) is 0 Å². The summed E-state index contributed by atoms with van der Waals surface area (Å²) in [5.41, 5.74) is -0.672. The van der Waals surface area contributed by atoms with Crippen molar-refractivity contribution in [1.82, 2.24) is 15.5 Å². The van der Waals surface area contributed by atoms with E-state index in [4.69, 9.17) is 0 Å². The smallest absolute Gasteiger partial charge is 0.314 e. The molecule has 0 aliphatic carbocycles. The molecule has 1 heterocycles. The lowest BCUT2D eigenvalue weighted by molar-refractivity contribution is 0.0593. The summed E-state index contributed by atoms with van der Waals surface area (Å²) in [5.74, 6) is 0.318. The summed E-state index contributed by atoms with van der Waals surface area (Å²) >= 11 is 0. The minimum Gasteiger partial charge on any atom is -0.384 e. The Balaban J connectivity index is 1.67. The minimum absolute atomic E-state index is 0.0681. The minimum atomic E-state index is -1.24. The number of urea groups is 1.